The molecule has 0 saturated heterocycles. The van der Waals surface area contributed by atoms with Crippen LogP contribution in [0.25, 0.3) is 0 Å². The maximum atomic E-state index is 11.1. The van der Waals surface area contributed by atoms with Crippen molar-refractivity contribution in [2.45, 2.75) is 58.0 Å². The summed E-state index contributed by atoms with van der Waals surface area (Å²) in [4.78, 5) is 20.3. The van der Waals surface area contributed by atoms with Crippen molar-refractivity contribution in [1.29, 1.82) is 0 Å². The van der Waals surface area contributed by atoms with Crippen molar-refractivity contribution in [2.75, 3.05) is 6.61 Å². The monoisotopic (exact) mass is 216 g/mol. The number of carbonyl (C=O) groups excluding carboxylic acids is 1. The molecule has 0 N–H and O–H groups in total. The van der Waals surface area contributed by atoms with Crippen LogP contribution in [0.4, 0.5) is 4.79 Å². The Kier molecular flexibility index (Phi) is 6.16. The predicted octanol–water partition coefficient (Wildman–Crippen LogP) is 3.20. The number of unbranched alkanes of at least 4 members (excludes halogenated alkanes) is 1. The molecule has 15 heavy (non-hydrogen) atoms. The topological polar surface area (TPSA) is 44.8 Å². The van der Waals surface area contributed by atoms with Crippen LogP contribution >= 0.6 is 0 Å². The van der Waals surface area contributed by atoms with E-state index in [2.05, 4.69) is 4.89 Å². The maximum Gasteiger partial charge on any atom is 0.540 e. The van der Waals surface area contributed by atoms with Crippen molar-refractivity contribution < 1.29 is 19.3 Å². The SMILES string of the molecule is CCCCOOC(=O)OC1CCCCC1. The molecule has 0 aromatic carbocycles. The minimum Gasteiger partial charge on any atom is -0.429 e. The first kappa shape index (κ1) is 12.3. The highest BCUT2D eigenvalue weighted by Gasteiger charge is 2.18. The lowest BCUT2D eigenvalue weighted by atomic mass is 9.98. The van der Waals surface area contributed by atoms with Gasteiger partial charge in [0.05, 0.1) is 6.61 Å². The summed E-state index contributed by atoms with van der Waals surface area (Å²) in [5.41, 5.74) is 0. The first-order chi connectivity index (χ1) is 7.33. The van der Waals surface area contributed by atoms with Gasteiger partial charge >= 0.3 is 6.16 Å². The molecule has 0 unspecified atom stereocenters. The summed E-state index contributed by atoms with van der Waals surface area (Å²) in [6.07, 6.45) is 6.64. The summed E-state index contributed by atoms with van der Waals surface area (Å²) < 4.78 is 5.09. The smallest absolute Gasteiger partial charge is 0.429 e. The van der Waals surface area contributed by atoms with Crippen LogP contribution in [0.15, 0.2) is 0 Å². The van der Waals surface area contributed by atoms with Gasteiger partial charge in [0, 0.05) is 0 Å². The number of rotatable bonds is 5. The van der Waals surface area contributed by atoms with Gasteiger partial charge in [-0.2, -0.15) is 4.89 Å². The van der Waals surface area contributed by atoms with Crippen molar-refractivity contribution in [3.63, 3.8) is 0 Å². The quantitative estimate of drug-likeness (QED) is 0.306. The molecular formula is C11H20O4. The third-order valence-electron chi connectivity index (χ3n) is 2.52. The van der Waals surface area contributed by atoms with Crippen LogP contribution < -0.4 is 0 Å². The normalized spacial score (nSPS) is 17.4. The Morgan fingerprint density at radius 2 is 2.00 bits per heavy atom. The van der Waals surface area contributed by atoms with Gasteiger partial charge in [-0.1, -0.05) is 19.8 Å². The Morgan fingerprint density at radius 1 is 1.27 bits per heavy atom. The van der Waals surface area contributed by atoms with E-state index >= 15 is 0 Å². The lowest BCUT2D eigenvalue weighted by Crippen LogP contribution is -2.21. The zero-order chi connectivity index (χ0) is 10.9. The Morgan fingerprint density at radius 3 is 2.67 bits per heavy atom. The standard InChI is InChI=1S/C11H20O4/c1-2-3-9-13-15-11(12)14-10-7-5-4-6-8-10/h10H,2-9H2,1H3. The van der Waals surface area contributed by atoms with E-state index in [1.54, 1.807) is 0 Å². The van der Waals surface area contributed by atoms with Crippen LogP contribution in [0.1, 0.15) is 51.9 Å². The zero-order valence-electron chi connectivity index (χ0n) is 9.37. The highest BCUT2D eigenvalue weighted by Crippen LogP contribution is 2.20. The number of ether oxygens (including phenoxy) is 1. The second kappa shape index (κ2) is 7.51. The van der Waals surface area contributed by atoms with E-state index in [0.717, 1.165) is 38.5 Å². The van der Waals surface area contributed by atoms with E-state index in [4.69, 9.17) is 9.62 Å². The van der Waals surface area contributed by atoms with Crippen LogP contribution in [-0.2, 0) is 14.5 Å². The van der Waals surface area contributed by atoms with Crippen molar-refractivity contribution in [3.8, 4) is 0 Å². The van der Waals surface area contributed by atoms with E-state index in [-0.39, 0.29) is 6.10 Å². The molecule has 0 atom stereocenters. The summed E-state index contributed by atoms with van der Waals surface area (Å²) in [6, 6.07) is 0. The Labute approximate surface area is 90.8 Å². The minimum absolute atomic E-state index is 0.0287. The minimum atomic E-state index is -0.696. The second-order valence-corrected chi connectivity index (χ2v) is 3.89. The third kappa shape index (κ3) is 5.62. The van der Waals surface area contributed by atoms with Crippen LogP contribution in [-0.4, -0.2) is 18.9 Å². The number of carbonyl (C=O) groups is 1. The number of hydrogen-bond donors (Lipinski definition) is 0. The molecule has 0 aliphatic heterocycles. The molecule has 0 bridgehead atoms. The van der Waals surface area contributed by atoms with Gasteiger partial charge in [-0.3, -0.25) is 4.89 Å². The van der Waals surface area contributed by atoms with Crippen molar-refractivity contribution in [3.05, 3.63) is 0 Å². The Balaban J connectivity index is 2.01. The molecule has 1 aliphatic carbocycles. The molecule has 4 nitrogen and oxygen atoms in total. The first-order valence-corrected chi connectivity index (χ1v) is 5.83. The van der Waals surface area contributed by atoms with Gasteiger partial charge in [-0.05, 0) is 32.1 Å². The summed E-state index contributed by atoms with van der Waals surface area (Å²) in [7, 11) is 0. The zero-order valence-corrected chi connectivity index (χ0v) is 9.37. The molecular weight excluding hydrogens is 196 g/mol. The molecule has 0 aromatic heterocycles. The van der Waals surface area contributed by atoms with Gasteiger partial charge < -0.3 is 4.74 Å². The lowest BCUT2D eigenvalue weighted by molar-refractivity contribution is -0.258. The predicted molar refractivity (Wildman–Crippen MR) is 55.3 cm³/mol. The Hall–Kier alpha value is -0.770. The fourth-order valence-electron chi connectivity index (χ4n) is 1.63. The van der Waals surface area contributed by atoms with Crippen molar-refractivity contribution in [2.24, 2.45) is 0 Å². The van der Waals surface area contributed by atoms with E-state index in [1.807, 2.05) is 6.92 Å². The van der Waals surface area contributed by atoms with Gasteiger partial charge in [-0.15, -0.1) is 0 Å². The van der Waals surface area contributed by atoms with Gasteiger partial charge in [0.1, 0.15) is 6.10 Å². The molecule has 4 heteroatoms. The summed E-state index contributed by atoms with van der Waals surface area (Å²) in [5, 5.41) is 0. The molecule has 1 rings (SSSR count). The molecule has 0 aromatic rings. The van der Waals surface area contributed by atoms with Gasteiger partial charge in [0.15, 0.2) is 0 Å². The fraction of sp³-hybridized carbons (Fsp3) is 0.909. The fourth-order valence-corrected chi connectivity index (χ4v) is 1.63. The third-order valence-corrected chi connectivity index (χ3v) is 2.52. The largest absolute Gasteiger partial charge is 0.540 e. The van der Waals surface area contributed by atoms with Gasteiger partial charge in [0.2, 0.25) is 0 Å². The molecule has 1 saturated carbocycles. The molecule has 0 spiro atoms. The van der Waals surface area contributed by atoms with Crippen molar-refractivity contribution >= 4 is 6.16 Å². The van der Waals surface area contributed by atoms with Crippen LogP contribution in [0.2, 0.25) is 0 Å². The molecule has 0 amide bonds. The Bertz CT molecular complexity index is 175. The highest BCUT2D eigenvalue weighted by molar-refractivity contribution is 5.59. The van der Waals surface area contributed by atoms with E-state index in [9.17, 15) is 4.79 Å². The van der Waals surface area contributed by atoms with Crippen LogP contribution in [0.5, 0.6) is 0 Å². The average molecular weight is 216 g/mol. The summed E-state index contributed by atoms with van der Waals surface area (Å²) >= 11 is 0. The molecule has 1 aliphatic rings. The van der Waals surface area contributed by atoms with Crippen LogP contribution in [0.3, 0.4) is 0 Å². The van der Waals surface area contributed by atoms with E-state index in [0.29, 0.717) is 6.61 Å². The van der Waals surface area contributed by atoms with E-state index < -0.39 is 6.16 Å². The average Bonchev–Trinajstić information content (AvgIpc) is 2.26. The summed E-state index contributed by atoms with van der Waals surface area (Å²) in [5.74, 6) is 0. The van der Waals surface area contributed by atoms with Gasteiger partial charge in [0.25, 0.3) is 0 Å². The lowest BCUT2D eigenvalue weighted by Gasteiger charge is -2.20. The molecule has 0 heterocycles. The first-order valence-electron chi connectivity index (χ1n) is 5.83. The van der Waals surface area contributed by atoms with Crippen LogP contribution in [0, 0.1) is 0 Å². The second-order valence-electron chi connectivity index (χ2n) is 3.89. The van der Waals surface area contributed by atoms with Crippen molar-refractivity contribution in [1.82, 2.24) is 0 Å². The molecule has 0 radical (unpaired) electrons. The molecule has 1 fully saturated rings. The highest BCUT2D eigenvalue weighted by atomic mass is 17.2. The van der Waals surface area contributed by atoms with E-state index in [1.165, 1.54) is 6.42 Å². The van der Waals surface area contributed by atoms with Gasteiger partial charge in [-0.25, -0.2) is 4.79 Å². The maximum absolute atomic E-state index is 11.1. The number of hydrogen-bond acceptors (Lipinski definition) is 4. The summed E-state index contributed by atoms with van der Waals surface area (Å²) in [6.45, 7) is 2.49. The molecule has 88 valence electrons.